The van der Waals surface area contributed by atoms with Gasteiger partial charge in [-0.1, -0.05) is 20.8 Å². The molecular weight excluding hydrogens is 387 g/mol. The van der Waals surface area contributed by atoms with Gasteiger partial charge in [0.05, 0.1) is 79.3 Å². The van der Waals surface area contributed by atoms with Gasteiger partial charge in [-0.05, 0) is 0 Å². The van der Waals surface area contributed by atoms with Crippen molar-refractivity contribution >= 4 is 14.3 Å². The van der Waals surface area contributed by atoms with Crippen molar-refractivity contribution in [2.24, 2.45) is 0 Å². The molecule has 0 atom stereocenters. The van der Waals surface area contributed by atoms with Crippen LogP contribution in [0.3, 0.4) is 0 Å². The van der Waals surface area contributed by atoms with Crippen LogP contribution in [0.15, 0.2) is 0 Å². The minimum Gasteiger partial charge on any atom is -0.749 e. The topological polar surface area (TPSA) is 72.0 Å². The van der Waals surface area contributed by atoms with Crippen LogP contribution < -0.4 is 56.5 Å². The molecule has 1 aliphatic heterocycles. The van der Waals surface area contributed by atoms with Crippen LogP contribution in [-0.4, -0.2) is 93.5 Å². The van der Waals surface area contributed by atoms with Gasteiger partial charge >= 0.3 is 51.4 Å². The van der Waals surface area contributed by atoms with Crippen LogP contribution in [0.2, 0.25) is 19.0 Å². The second-order valence-electron chi connectivity index (χ2n) is 6.47. The molecular formula is C18H44B2KNO6. The Morgan fingerprint density at radius 3 is 0.786 bits per heavy atom. The number of nitrogens with two attached hydrogens (primary N) is 1. The van der Waals surface area contributed by atoms with Crippen molar-refractivity contribution in [2.75, 3.05) is 79.3 Å². The third-order valence-electron chi connectivity index (χ3n) is 4.67. The van der Waals surface area contributed by atoms with E-state index in [2.05, 4.69) is 25.9 Å². The zero-order valence-corrected chi connectivity index (χ0v) is 21.3. The van der Waals surface area contributed by atoms with E-state index in [4.69, 9.17) is 28.4 Å². The molecule has 2 N–H and O–H groups in total. The van der Waals surface area contributed by atoms with E-state index in [-0.39, 0.29) is 57.7 Å². The Balaban J connectivity index is 0. The molecule has 0 bridgehead atoms. The summed E-state index contributed by atoms with van der Waals surface area (Å²) in [6.07, 6.45) is 4.28. The van der Waals surface area contributed by atoms with Crippen LogP contribution in [0.5, 0.6) is 0 Å². The average molecular weight is 431 g/mol. The van der Waals surface area contributed by atoms with Crippen molar-refractivity contribution < 1.29 is 84.9 Å². The summed E-state index contributed by atoms with van der Waals surface area (Å²) in [4.78, 5) is 0. The standard InChI is InChI=1S/C12H24O6.C6H20B2N.K/c1-2-14-5-6-16-9-10-18-12-11-17-8-7-15-4-3-13-1;1-4-8(5-2,6-3)9-7;/h1-12H2;4-6,9H2,1-3,7H3;/q;-1;+1. The van der Waals surface area contributed by atoms with Gasteiger partial charge < -0.3 is 33.6 Å². The van der Waals surface area contributed by atoms with E-state index in [9.17, 15) is 0 Å². The number of hydrogen-bond acceptors (Lipinski definition) is 6. The van der Waals surface area contributed by atoms with Crippen molar-refractivity contribution in [2.45, 2.75) is 39.7 Å². The molecule has 164 valence electrons. The molecule has 10 heteroatoms. The first kappa shape index (κ1) is 31.7. The zero-order valence-electron chi connectivity index (χ0n) is 18.2. The van der Waals surface area contributed by atoms with Gasteiger partial charge in [0.15, 0.2) is 6.28 Å². The van der Waals surface area contributed by atoms with E-state index in [1.165, 1.54) is 19.0 Å². The van der Waals surface area contributed by atoms with Crippen molar-refractivity contribution in [3.63, 3.8) is 0 Å². The quantitative estimate of drug-likeness (QED) is 0.477. The first-order valence-corrected chi connectivity index (χ1v) is 10.1. The minimum atomic E-state index is 0. The molecule has 1 heterocycles. The van der Waals surface area contributed by atoms with Crippen LogP contribution in [0, 0.1) is 0 Å². The Morgan fingerprint density at radius 1 is 0.536 bits per heavy atom. The van der Waals surface area contributed by atoms with Gasteiger partial charge in [-0.15, -0.1) is 19.0 Å². The van der Waals surface area contributed by atoms with Gasteiger partial charge in [0.2, 0.25) is 0 Å². The van der Waals surface area contributed by atoms with E-state index < -0.39 is 0 Å². The zero-order chi connectivity index (χ0) is 20.1. The molecule has 0 spiro atoms. The number of quaternary nitrogens is 1. The molecule has 0 amide bonds. The van der Waals surface area contributed by atoms with Gasteiger partial charge in [-0.2, -0.15) is 0 Å². The molecule has 1 aliphatic rings. The fourth-order valence-electron chi connectivity index (χ4n) is 2.19. The van der Waals surface area contributed by atoms with E-state index in [0.717, 1.165) is 0 Å². The van der Waals surface area contributed by atoms with E-state index in [1.807, 2.05) is 0 Å². The first-order valence-electron chi connectivity index (χ1n) is 10.1. The van der Waals surface area contributed by atoms with Crippen molar-refractivity contribution in [3.8, 4) is 0 Å². The Bertz CT molecular complexity index is 213. The fraction of sp³-hybridized carbons (Fsp3) is 1.00. The van der Waals surface area contributed by atoms with Crippen LogP contribution in [0.1, 0.15) is 20.8 Å². The summed E-state index contributed by atoms with van der Waals surface area (Å²) >= 11 is 0. The third-order valence-corrected chi connectivity index (χ3v) is 4.67. The smallest absolute Gasteiger partial charge is 0.749 e. The summed E-state index contributed by atoms with van der Waals surface area (Å²) in [5.74, 6) is 0. The summed E-state index contributed by atoms with van der Waals surface area (Å²) in [5.41, 5.74) is 0. The maximum absolute atomic E-state index is 5.33. The molecule has 1 fully saturated rings. The van der Waals surface area contributed by atoms with Crippen LogP contribution in [0.25, 0.3) is 0 Å². The van der Waals surface area contributed by atoms with Crippen LogP contribution in [0.4, 0.5) is 0 Å². The van der Waals surface area contributed by atoms with Gasteiger partial charge in [-0.3, -0.25) is 0 Å². The summed E-state index contributed by atoms with van der Waals surface area (Å²) in [7, 11) is 0.536. The van der Waals surface area contributed by atoms with Gasteiger partial charge in [0.25, 0.3) is 0 Å². The number of rotatable bonds is 4. The molecule has 0 aromatic heterocycles. The average Bonchev–Trinajstić information content (AvgIpc) is 2.71. The molecule has 7 nitrogen and oxygen atoms in total. The molecule has 0 aromatic carbocycles. The van der Waals surface area contributed by atoms with E-state index in [0.29, 0.717) is 87.3 Å². The van der Waals surface area contributed by atoms with Crippen LogP contribution >= 0.6 is 0 Å². The second kappa shape index (κ2) is 24.8. The van der Waals surface area contributed by atoms with Crippen molar-refractivity contribution in [1.82, 2.24) is 0 Å². The van der Waals surface area contributed by atoms with Crippen molar-refractivity contribution in [1.29, 1.82) is 0 Å². The number of ether oxygens (including phenoxy) is 6. The van der Waals surface area contributed by atoms with Crippen molar-refractivity contribution in [3.05, 3.63) is 0 Å². The first-order chi connectivity index (χ1) is 13.2. The van der Waals surface area contributed by atoms with Crippen LogP contribution in [-0.2, 0) is 28.4 Å². The predicted molar refractivity (Wildman–Crippen MR) is 114 cm³/mol. The molecule has 0 aliphatic carbocycles. The van der Waals surface area contributed by atoms with Gasteiger partial charge in [0, 0.05) is 0 Å². The molecule has 0 unspecified atom stereocenters. The molecule has 1 saturated heterocycles. The Morgan fingerprint density at radius 2 is 0.714 bits per heavy atom. The predicted octanol–water partition coefficient (Wildman–Crippen LogP) is -3.06. The number of hydrogen-bond donors (Lipinski definition) is 1. The maximum atomic E-state index is 5.33. The Kier molecular flexibility index (Phi) is 28.0. The Hall–Kier alpha value is 1.49. The summed E-state index contributed by atoms with van der Waals surface area (Å²) in [5, 5.41) is 2.67. The normalized spacial score (nSPS) is 19.3. The fourth-order valence-corrected chi connectivity index (χ4v) is 2.19. The second-order valence-corrected chi connectivity index (χ2v) is 6.47. The van der Waals surface area contributed by atoms with Gasteiger partial charge in [0.1, 0.15) is 7.98 Å². The molecule has 28 heavy (non-hydrogen) atoms. The molecule has 0 radical (unpaired) electrons. The monoisotopic (exact) mass is 431 g/mol. The van der Waals surface area contributed by atoms with E-state index in [1.54, 1.807) is 0 Å². The third kappa shape index (κ3) is 19.4. The molecule has 0 saturated carbocycles. The Labute approximate surface area is 216 Å². The molecule has 0 aromatic rings. The van der Waals surface area contributed by atoms with E-state index >= 15 is 0 Å². The summed E-state index contributed by atoms with van der Waals surface area (Å²) in [6, 6.07) is 0. The SMILES string of the molecule is C1COCCOCCOCCOCCOCCO1.[BH3-][NH2+][B-](CC)(CC)CC.[K+]. The minimum absolute atomic E-state index is 0. The van der Waals surface area contributed by atoms with Gasteiger partial charge in [-0.25, -0.2) is 0 Å². The summed E-state index contributed by atoms with van der Waals surface area (Å²) in [6.45, 7) is 14.1. The largest absolute Gasteiger partial charge is 1.00 e. The maximum Gasteiger partial charge on any atom is 1.00 e. The summed E-state index contributed by atoms with van der Waals surface area (Å²) < 4.78 is 32.0. The molecule has 1 rings (SSSR count).